The van der Waals surface area contributed by atoms with Crippen LogP contribution in [0, 0.1) is 12.7 Å². The summed E-state index contributed by atoms with van der Waals surface area (Å²) < 4.78 is 16.2. The second kappa shape index (κ2) is 4.35. The predicted molar refractivity (Wildman–Crippen MR) is 77.9 cm³/mol. The van der Waals surface area contributed by atoms with Crippen molar-refractivity contribution in [2.45, 2.75) is 6.92 Å². The third kappa shape index (κ3) is 2.10. The molecule has 0 aliphatic heterocycles. The average Bonchev–Trinajstić information content (AvgIpc) is 2.63. The van der Waals surface area contributed by atoms with Gasteiger partial charge in [-0.2, -0.15) is 0 Å². The number of hydrogen-bond donors (Lipinski definition) is 1. The summed E-state index contributed by atoms with van der Waals surface area (Å²) >= 11 is 3.42. The maximum Gasteiger partial charge on any atom is 0.205 e. The van der Waals surface area contributed by atoms with Crippen LogP contribution >= 0.6 is 15.9 Å². The van der Waals surface area contributed by atoms with Gasteiger partial charge in [0.05, 0.1) is 16.7 Å². The lowest BCUT2D eigenvalue weighted by atomic mass is 10.2. The van der Waals surface area contributed by atoms with Crippen LogP contribution in [-0.4, -0.2) is 9.55 Å². The van der Waals surface area contributed by atoms with E-state index in [0.717, 1.165) is 21.1 Å². The Morgan fingerprint density at radius 1 is 1.21 bits per heavy atom. The molecule has 5 heteroatoms. The first-order valence-corrected chi connectivity index (χ1v) is 6.55. The highest BCUT2D eigenvalue weighted by Crippen LogP contribution is 2.26. The zero-order valence-electron chi connectivity index (χ0n) is 10.2. The molecule has 0 unspecified atom stereocenters. The molecule has 2 N–H and O–H groups in total. The van der Waals surface area contributed by atoms with Crippen molar-refractivity contribution in [3.8, 4) is 5.69 Å². The number of aryl methyl sites for hydroxylation is 1. The van der Waals surface area contributed by atoms with Crippen molar-refractivity contribution in [2.24, 2.45) is 0 Å². The van der Waals surface area contributed by atoms with Crippen molar-refractivity contribution in [1.29, 1.82) is 0 Å². The van der Waals surface area contributed by atoms with E-state index >= 15 is 0 Å². The molecule has 0 fully saturated rings. The molecular formula is C14H11BrFN3. The van der Waals surface area contributed by atoms with Crippen molar-refractivity contribution in [2.75, 3.05) is 5.73 Å². The number of rotatable bonds is 1. The molecule has 3 rings (SSSR count). The molecule has 0 aliphatic carbocycles. The number of anilines is 1. The summed E-state index contributed by atoms with van der Waals surface area (Å²) in [6.45, 7) is 1.85. The SMILES string of the molecule is Cc1cc(F)cc(-n2c(N)nc3ccc(Br)cc32)c1. The van der Waals surface area contributed by atoms with Gasteiger partial charge in [-0.05, 0) is 48.9 Å². The third-order valence-corrected chi connectivity index (χ3v) is 3.42. The summed E-state index contributed by atoms with van der Waals surface area (Å²) in [5.74, 6) is 0.0596. The number of benzene rings is 2. The summed E-state index contributed by atoms with van der Waals surface area (Å²) in [6.07, 6.45) is 0. The Bertz CT molecular complexity index is 759. The van der Waals surface area contributed by atoms with Gasteiger partial charge in [-0.1, -0.05) is 15.9 Å². The van der Waals surface area contributed by atoms with E-state index in [9.17, 15) is 4.39 Å². The average molecular weight is 320 g/mol. The molecule has 3 nitrogen and oxygen atoms in total. The van der Waals surface area contributed by atoms with Crippen molar-refractivity contribution >= 4 is 32.9 Å². The first-order valence-electron chi connectivity index (χ1n) is 5.75. The molecule has 19 heavy (non-hydrogen) atoms. The van der Waals surface area contributed by atoms with Gasteiger partial charge in [-0.3, -0.25) is 4.57 Å². The number of nitrogens with two attached hydrogens (primary N) is 1. The lowest BCUT2D eigenvalue weighted by molar-refractivity contribution is 0.625. The van der Waals surface area contributed by atoms with E-state index in [4.69, 9.17) is 5.73 Å². The zero-order chi connectivity index (χ0) is 13.6. The Kier molecular flexibility index (Phi) is 2.78. The van der Waals surface area contributed by atoms with Gasteiger partial charge in [0.25, 0.3) is 0 Å². The minimum atomic E-state index is -0.286. The van der Waals surface area contributed by atoms with Crippen LogP contribution in [0.2, 0.25) is 0 Å². The summed E-state index contributed by atoms with van der Waals surface area (Å²) in [6, 6.07) is 10.5. The van der Waals surface area contributed by atoms with Crippen molar-refractivity contribution in [3.05, 3.63) is 52.3 Å². The third-order valence-electron chi connectivity index (χ3n) is 2.93. The van der Waals surface area contributed by atoms with E-state index in [1.807, 2.05) is 31.2 Å². The van der Waals surface area contributed by atoms with E-state index < -0.39 is 0 Å². The van der Waals surface area contributed by atoms with Crippen molar-refractivity contribution in [1.82, 2.24) is 9.55 Å². The van der Waals surface area contributed by atoms with E-state index in [1.54, 1.807) is 4.57 Å². The summed E-state index contributed by atoms with van der Waals surface area (Å²) in [7, 11) is 0. The van der Waals surface area contributed by atoms with Crippen LogP contribution in [0.3, 0.4) is 0 Å². The lowest BCUT2D eigenvalue weighted by Crippen LogP contribution is -2.01. The van der Waals surface area contributed by atoms with Gasteiger partial charge in [-0.15, -0.1) is 0 Å². The van der Waals surface area contributed by atoms with E-state index in [2.05, 4.69) is 20.9 Å². The molecule has 0 spiro atoms. The molecule has 0 atom stereocenters. The van der Waals surface area contributed by atoms with Gasteiger partial charge >= 0.3 is 0 Å². The maximum absolute atomic E-state index is 13.5. The van der Waals surface area contributed by atoms with Crippen molar-refractivity contribution in [3.63, 3.8) is 0 Å². The van der Waals surface area contributed by atoms with Crippen molar-refractivity contribution < 1.29 is 4.39 Å². The maximum atomic E-state index is 13.5. The highest BCUT2D eigenvalue weighted by Gasteiger charge is 2.11. The Morgan fingerprint density at radius 3 is 2.74 bits per heavy atom. The second-order valence-electron chi connectivity index (χ2n) is 4.43. The Labute approximate surface area is 118 Å². The van der Waals surface area contributed by atoms with Crippen LogP contribution in [0.5, 0.6) is 0 Å². The minimum absolute atomic E-state index is 0.286. The Morgan fingerprint density at radius 2 is 2.00 bits per heavy atom. The fraction of sp³-hybridized carbons (Fsp3) is 0.0714. The molecule has 0 radical (unpaired) electrons. The van der Waals surface area contributed by atoms with E-state index in [1.165, 1.54) is 12.1 Å². The molecule has 1 heterocycles. The minimum Gasteiger partial charge on any atom is -0.369 e. The van der Waals surface area contributed by atoms with Crippen LogP contribution in [0.1, 0.15) is 5.56 Å². The van der Waals surface area contributed by atoms with E-state index in [-0.39, 0.29) is 5.82 Å². The number of fused-ring (bicyclic) bond motifs is 1. The van der Waals surface area contributed by atoms with Crippen LogP contribution in [0.25, 0.3) is 16.7 Å². The smallest absolute Gasteiger partial charge is 0.205 e. The molecule has 3 aromatic rings. The number of aromatic nitrogens is 2. The highest BCUT2D eigenvalue weighted by atomic mass is 79.9. The Balaban J connectivity index is 2.35. The molecule has 1 aromatic heterocycles. The predicted octanol–water partition coefficient (Wildman–Crippen LogP) is 3.82. The van der Waals surface area contributed by atoms with Crippen LogP contribution in [-0.2, 0) is 0 Å². The fourth-order valence-corrected chi connectivity index (χ4v) is 2.53. The quantitative estimate of drug-likeness (QED) is 0.741. The molecule has 2 aromatic carbocycles. The number of nitrogens with zero attached hydrogens (tertiary/aromatic N) is 2. The largest absolute Gasteiger partial charge is 0.369 e. The first-order chi connectivity index (χ1) is 9.04. The van der Waals surface area contributed by atoms with Crippen LogP contribution < -0.4 is 5.73 Å². The lowest BCUT2D eigenvalue weighted by Gasteiger charge is -2.08. The summed E-state index contributed by atoms with van der Waals surface area (Å²) in [5, 5.41) is 0. The molecule has 0 saturated heterocycles. The van der Waals surface area contributed by atoms with Gasteiger partial charge in [0.1, 0.15) is 5.82 Å². The highest BCUT2D eigenvalue weighted by molar-refractivity contribution is 9.10. The molecule has 0 amide bonds. The van der Waals surface area contributed by atoms with Gasteiger partial charge in [0, 0.05) is 4.47 Å². The van der Waals surface area contributed by atoms with Gasteiger partial charge in [-0.25, -0.2) is 9.37 Å². The number of halogens is 2. The molecule has 0 saturated carbocycles. The molecule has 96 valence electrons. The van der Waals surface area contributed by atoms with Crippen LogP contribution in [0.15, 0.2) is 40.9 Å². The van der Waals surface area contributed by atoms with E-state index in [0.29, 0.717) is 11.6 Å². The zero-order valence-corrected chi connectivity index (χ0v) is 11.8. The van der Waals surface area contributed by atoms with Gasteiger partial charge in [0.2, 0.25) is 5.95 Å². The Hall–Kier alpha value is -1.88. The first kappa shape index (κ1) is 12.2. The molecule has 0 aliphatic rings. The number of hydrogen-bond acceptors (Lipinski definition) is 2. The summed E-state index contributed by atoms with van der Waals surface area (Å²) in [4.78, 5) is 4.29. The molecule has 0 bridgehead atoms. The van der Waals surface area contributed by atoms with Gasteiger partial charge in [0.15, 0.2) is 0 Å². The summed E-state index contributed by atoms with van der Waals surface area (Å²) in [5.41, 5.74) is 9.09. The second-order valence-corrected chi connectivity index (χ2v) is 5.34. The number of nitrogen functional groups attached to an aromatic ring is 1. The molecular weight excluding hydrogens is 309 g/mol. The number of imidazole rings is 1. The fourth-order valence-electron chi connectivity index (χ4n) is 2.18. The normalized spacial score (nSPS) is 11.1. The standard InChI is InChI=1S/C14H11BrFN3/c1-8-4-10(16)7-11(5-8)19-13-6-9(15)2-3-12(13)18-14(19)17/h2-7H,1H3,(H2,17,18). The van der Waals surface area contributed by atoms with Crippen LogP contribution in [0.4, 0.5) is 10.3 Å². The topological polar surface area (TPSA) is 43.8 Å². The van der Waals surface area contributed by atoms with Gasteiger partial charge < -0.3 is 5.73 Å². The monoisotopic (exact) mass is 319 g/mol.